The third-order valence-electron chi connectivity index (χ3n) is 2.58. The third-order valence-corrected chi connectivity index (χ3v) is 2.58. The number of carbonyl (C=O) groups is 1. The molecule has 0 bridgehead atoms. The molecule has 3 N–H and O–H groups in total. The fourth-order valence-electron chi connectivity index (χ4n) is 1.70. The Morgan fingerprint density at radius 1 is 1.62 bits per heavy atom. The molecule has 2 heterocycles. The summed E-state index contributed by atoms with van der Waals surface area (Å²) in [4.78, 5) is 28.5. The number of hydrogen-bond acceptors (Lipinski definition) is 4. The molecule has 1 unspecified atom stereocenters. The zero-order chi connectivity index (χ0) is 11.4. The molecule has 86 valence electrons. The van der Waals surface area contributed by atoms with Crippen LogP contribution in [0.2, 0.25) is 0 Å². The first-order valence-corrected chi connectivity index (χ1v) is 5.32. The Bertz CT molecular complexity index is 403. The van der Waals surface area contributed by atoms with Crippen LogP contribution in [-0.2, 0) is 0 Å². The highest BCUT2D eigenvalue weighted by molar-refractivity contribution is 5.91. The van der Waals surface area contributed by atoms with Crippen LogP contribution in [0.1, 0.15) is 23.3 Å². The maximum atomic E-state index is 11.6. The summed E-state index contributed by atoms with van der Waals surface area (Å²) in [5.74, 6) is -0.259. The first-order chi connectivity index (χ1) is 7.75. The van der Waals surface area contributed by atoms with E-state index in [0.29, 0.717) is 12.6 Å². The van der Waals surface area contributed by atoms with Gasteiger partial charge < -0.3 is 15.6 Å². The van der Waals surface area contributed by atoms with E-state index in [9.17, 15) is 9.59 Å². The predicted octanol–water partition coefficient (Wildman–Crippen LogP) is -0.748. The topological polar surface area (TPSA) is 86.9 Å². The molecule has 6 nitrogen and oxygen atoms in total. The highest BCUT2D eigenvalue weighted by Crippen LogP contribution is 2.03. The van der Waals surface area contributed by atoms with Crippen LogP contribution in [0.3, 0.4) is 0 Å². The summed E-state index contributed by atoms with van der Waals surface area (Å²) in [5, 5.41) is 6.05. The molecule has 1 atom stereocenters. The maximum Gasteiger partial charge on any atom is 0.271 e. The van der Waals surface area contributed by atoms with Gasteiger partial charge >= 0.3 is 0 Å². The Balaban J connectivity index is 1.87. The van der Waals surface area contributed by atoms with Crippen molar-refractivity contribution in [3.05, 3.63) is 28.4 Å². The molecule has 6 heteroatoms. The summed E-state index contributed by atoms with van der Waals surface area (Å²) < 4.78 is 0. The summed E-state index contributed by atoms with van der Waals surface area (Å²) >= 11 is 0. The second kappa shape index (κ2) is 4.89. The van der Waals surface area contributed by atoms with E-state index in [-0.39, 0.29) is 17.2 Å². The van der Waals surface area contributed by atoms with Gasteiger partial charge in [0.25, 0.3) is 11.5 Å². The fourth-order valence-corrected chi connectivity index (χ4v) is 1.70. The van der Waals surface area contributed by atoms with Crippen molar-refractivity contribution in [1.82, 2.24) is 20.6 Å². The average molecular weight is 222 g/mol. The summed E-state index contributed by atoms with van der Waals surface area (Å²) in [5.41, 5.74) is -0.0772. The normalized spacial score (nSPS) is 19.6. The van der Waals surface area contributed by atoms with E-state index in [2.05, 4.69) is 20.6 Å². The van der Waals surface area contributed by atoms with Gasteiger partial charge in [0.1, 0.15) is 5.69 Å². The van der Waals surface area contributed by atoms with E-state index in [1.807, 2.05) is 0 Å². The van der Waals surface area contributed by atoms with Gasteiger partial charge in [-0.25, -0.2) is 4.98 Å². The van der Waals surface area contributed by atoms with Crippen LogP contribution in [-0.4, -0.2) is 35.0 Å². The molecule has 1 fully saturated rings. The van der Waals surface area contributed by atoms with Crippen molar-refractivity contribution in [2.45, 2.75) is 18.9 Å². The number of hydrogen-bond donors (Lipinski definition) is 3. The molecule has 0 radical (unpaired) electrons. The van der Waals surface area contributed by atoms with Gasteiger partial charge in [0.2, 0.25) is 0 Å². The molecule has 2 rings (SSSR count). The molecule has 1 amide bonds. The van der Waals surface area contributed by atoms with Gasteiger partial charge in [-0.2, -0.15) is 0 Å². The second-order valence-corrected chi connectivity index (χ2v) is 3.80. The first-order valence-electron chi connectivity index (χ1n) is 5.32. The van der Waals surface area contributed by atoms with Crippen molar-refractivity contribution >= 4 is 5.91 Å². The van der Waals surface area contributed by atoms with E-state index in [1.165, 1.54) is 6.20 Å². The molecular formula is C10H14N4O2. The summed E-state index contributed by atoms with van der Waals surface area (Å²) in [6, 6.07) is 0.353. The Hall–Kier alpha value is -1.69. The van der Waals surface area contributed by atoms with E-state index in [4.69, 9.17) is 0 Å². The minimum Gasteiger partial charge on any atom is -0.349 e. The number of rotatable bonds is 3. The second-order valence-electron chi connectivity index (χ2n) is 3.80. The smallest absolute Gasteiger partial charge is 0.271 e. The zero-order valence-corrected chi connectivity index (χ0v) is 8.82. The van der Waals surface area contributed by atoms with E-state index < -0.39 is 0 Å². The van der Waals surface area contributed by atoms with Gasteiger partial charge in [-0.05, 0) is 19.4 Å². The standard InChI is InChI=1S/C10H14N4O2/c15-9-6-12-8(5-13-9)10(16)14-4-7-2-1-3-11-7/h5-7,11H,1-4H2,(H,13,15)(H,14,16). The number of aromatic amines is 1. The van der Waals surface area contributed by atoms with Crippen LogP contribution in [0.15, 0.2) is 17.2 Å². The lowest BCUT2D eigenvalue weighted by Crippen LogP contribution is -2.37. The number of H-pyrrole nitrogens is 1. The number of amides is 1. The Kier molecular flexibility index (Phi) is 3.31. The van der Waals surface area contributed by atoms with Crippen molar-refractivity contribution in [2.24, 2.45) is 0 Å². The van der Waals surface area contributed by atoms with Gasteiger partial charge in [-0.1, -0.05) is 0 Å². The number of nitrogens with one attached hydrogen (secondary N) is 3. The van der Waals surface area contributed by atoms with Gasteiger partial charge in [0, 0.05) is 18.8 Å². The molecule has 0 saturated carbocycles. The Morgan fingerprint density at radius 2 is 2.50 bits per heavy atom. The lowest BCUT2D eigenvalue weighted by molar-refractivity contribution is 0.0945. The average Bonchev–Trinajstić information content (AvgIpc) is 2.80. The molecular weight excluding hydrogens is 208 g/mol. The van der Waals surface area contributed by atoms with Crippen LogP contribution in [0.5, 0.6) is 0 Å². The molecule has 0 spiro atoms. The molecule has 0 aromatic carbocycles. The van der Waals surface area contributed by atoms with Crippen molar-refractivity contribution in [3.8, 4) is 0 Å². The summed E-state index contributed by atoms with van der Waals surface area (Å²) in [6.07, 6.45) is 4.65. The molecule has 0 aliphatic carbocycles. The van der Waals surface area contributed by atoms with Crippen molar-refractivity contribution in [2.75, 3.05) is 13.1 Å². The molecule has 1 aliphatic rings. The minimum atomic E-state index is -0.311. The van der Waals surface area contributed by atoms with E-state index >= 15 is 0 Å². The zero-order valence-electron chi connectivity index (χ0n) is 8.82. The number of carbonyl (C=O) groups excluding carboxylic acids is 1. The van der Waals surface area contributed by atoms with E-state index in [1.54, 1.807) is 0 Å². The van der Waals surface area contributed by atoms with Crippen LogP contribution in [0.25, 0.3) is 0 Å². The van der Waals surface area contributed by atoms with Gasteiger partial charge in [0.05, 0.1) is 6.20 Å². The lowest BCUT2D eigenvalue weighted by atomic mass is 10.2. The monoisotopic (exact) mass is 222 g/mol. The van der Waals surface area contributed by atoms with Gasteiger partial charge in [0.15, 0.2) is 0 Å². The Morgan fingerprint density at radius 3 is 3.12 bits per heavy atom. The van der Waals surface area contributed by atoms with Crippen LogP contribution < -0.4 is 16.2 Å². The van der Waals surface area contributed by atoms with Crippen molar-refractivity contribution < 1.29 is 4.79 Å². The molecule has 1 saturated heterocycles. The largest absolute Gasteiger partial charge is 0.349 e. The summed E-state index contributed by atoms with van der Waals surface area (Å²) in [6.45, 7) is 1.61. The molecule has 1 aliphatic heterocycles. The Labute approximate surface area is 92.5 Å². The highest BCUT2D eigenvalue weighted by atomic mass is 16.2. The van der Waals surface area contributed by atoms with Crippen LogP contribution in [0.4, 0.5) is 0 Å². The van der Waals surface area contributed by atoms with Crippen molar-refractivity contribution in [1.29, 1.82) is 0 Å². The third kappa shape index (κ3) is 2.66. The molecule has 1 aromatic rings. The maximum absolute atomic E-state index is 11.6. The number of aromatic nitrogens is 2. The highest BCUT2D eigenvalue weighted by Gasteiger charge is 2.15. The lowest BCUT2D eigenvalue weighted by Gasteiger charge is -2.10. The van der Waals surface area contributed by atoms with Gasteiger partial charge in [-0.3, -0.25) is 9.59 Å². The fraction of sp³-hybridized carbons (Fsp3) is 0.500. The van der Waals surface area contributed by atoms with Gasteiger partial charge in [-0.15, -0.1) is 0 Å². The minimum absolute atomic E-state index is 0.234. The molecule has 16 heavy (non-hydrogen) atoms. The van der Waals surface area contributed by atoms with Crippen LogP contribution in [0, 0.1) is 0 Å². The van der Waals surface area contributed by atoms with Crippen molar-refractivity contribution in [3.63, 3.8) is 0 Å². The predicted molar refractivity (Wildman–Crippen MR) is 58.2 cm³/mol. The quantitative estimate of drug-likeness (QED) is 0.628. The van der Waals surface area contributed by atoms with E-state index in [0.717, 1.165) is 25.6 Å². The molecule has 1 aromatic heterocycles. The van der Waals surface area contributed by atoms with Crippen LogP contribution >= 0.6 is 0 Å². The number of nitrogens with zero attached hydrogens (tertiary/aromatic N) is 1. The first kappa shape index (κ1) is 10.8. The summed E-state index contributed by atoms with van der Waals surface area (Å²) in [7, 11) is 0. The SMILES string of the molecule is O=C(NCC1CCCN1)c1c[nH]c(=O)cn1.